The van der Waals surface area contributed by atoms with Gasteiger partial charge in [-0.25, -0.2) is 9.97 Å². The highest BCUT2D eigenvalue weighted by molar-refractivity contribution is 7.98. The van der Waals surface area contributed by atoms with Gasteiger partial charge in [0.2, 0.25) is 0 Å². The van der Waals surface area contributed by atoms with Crippen molar-refractivity contribution in [2.24, 2.45) is 0 Å². The van der Waals surface area contributed by atoms with Crippen LogP contribution in [0.15, 0.2) is 11.4 Å². The Hall–Kier alpha value is -1.08. The molecule has 0 saturated carbocycles. The van der Waals surface area contributed by atoms with Crippen LogP contribution in [0.3, 0.4) is 0 Å². The lowest BCUT2D eigenvalue weighted by molar-refractivity contribution is 0.895. The van der Waals surface area contributed by atoms with Gasteiger partial charge in [0.25, 0.3) is 0 Å². The fraction of sp³-hybridized carbons (Fsp3) is 0.375. The fourth-order valence-corrected chi connectivity index (χ4v) is 1.17. The Labute approximate surface area is 75.8 Å². The summed E-state index contributed by atoms with van der Waals surface area (Å²) in [4.78, 5) is 8.29. The molecule has 0 aliphatic heterocycles. The van der Waals surface area contributed by atoms with Crippen LogP contribution >= 0.6 is 11.8 Å². The Morgan fingerprint density at radius 1 is 1.67 bits per heavy atom. The van der Waals surface area contributed by atoms with Crippen molar-refractivity contribution >= 4 is 11.8 Å². The maximum atomic E-state index is 8.49. The van der Waals surface area contributed by atoms with Crippen LogP contribution in [0.1, 0.15) is 11.3 Å². The normalized spacial score (nSPS) is 9.42. The van der Waals surface area contributed by atoms with Crippen molar-refractivity contribution in [1.29, 1.82) is 5.26 Å². The van der Waals surface area contributed by atoms with E-state index in [0.29, 0.717) is 6.42 Å². The molecule has 4 heteroatoms. The van der Waals surface area contributed by atoms with Gasteiger partial charge in [-0.3, -0.25) is 0 Å². The second-order valence-electron chi connectivity index (χ2n) is 2.32. The third-order valence-corrected chi connectivity index (χ3v) is 2.05. The second-order valence-corrected chi connectivity index (χ2v) is 3.09. The van der Waals surface area contributed by atoms with E-state index in [4.69, 9.17) is 5.26 Å². The summed E-state index contributed by atoms with van der Waals surface area (Å²) in [5.41, 5.74) is 1.81. The summed E-state index contributed by atoms with van der Waals surface area (Å²) in [5.74, 6) is 0. The minimum Gasteiger partial charge on any atom is -0.231 e. The van der Waals surface area contributed by atoms with Gasteiger partial charge in [-0.2, -0.15) is 5.26 Å². The Morgan fingerprint density at radius 3 is 3.00 bits per heavy atom. The van der Waals surface area contributed by atoms with E-state index < -0.39 is 0 Å². The second kappa shape index (κ2) is 4.07. The summed E-state index contributed by atoms with van der Waals surface area (Å²) in [7, 11) is 0. The number of nitriles is 1. The predicted molar refractivity (Wildman–Crippen MR) is 47.9 cm³/mol. The van der Waals surface area contributed by atoms with Crippen LogP contribution in [0.2, 0.25) is 0 Å². The van der Waals surface area contributed by atoms with Crippen molar-refractivity contribution in [3.8, 4) is 6.07 Å². The smallest absolute Gasteiger partial charge is 0.187 e. The number of hydrogen-bond donors (Lipinski definition) is 0. The van der Waals surface area contributed by atoms with Crippen LogP contribution in [-0.2, 0) is 6.42 Å². The minimum atomic E-state index is 0.363. The minimum absolute atomic E-state index is 0.363. The fourth-order valence-electron chi connectivity index (χ4n) is 0.811. The monoisotopic (exact) mass is 179 g/mol. The van der Waals surface area contributed by atoms with Crippen LogP contribution in [0.4, 0.5) is 0 Å². The molecule has 0 aliphatic rings. The maximum Gasteiger partial charge on any atom is 0.187 e. The molecule has 12 heavy (non-hydrogen) atoms. The van der Waals surface area contributed by atoms with E-state index in [0.717, 1.165) is 16.4 Å². The number of thioether (sulfide) groups is 1. The largest absolute Gasteiger partial charge is 0.231 e. The van der Waals surface area contributed by atoms with E-state index in [-0.39, 0.29) is 0 Å². The highest BCUT2D eigenvalue weighted by Crippen LogP contribution is 2.11. The molecule has 1 aromatic rings. The average Bonchev–Trinajstić information content (AvgIpc) is 2.09. The van der Waals surface area contributed by atoms with E-state index in [9.17, 15) is 0 Å². The van der Waals surface area contributed by atoms with Crippen molar-refractivity contribution in [2.45, 2.75) is 18.5 Å². The van der Waals surface area contributed by atoms with Crippen LogP contribution in [0.25, 0.3) is 0 Å². The lowest BCUT2D eigenvalue weighted by atomic mass is 10.2. The Kier molecular flexibility index (Phi) is 3.06. The van der Waals surface area contributed by atoms with Gasteiger partial charge in [-0.05, 0) is 18.7 Å². The Bertz CT molecular complexity index is 317. The number of nitrogens with zero attached hydrogens (tertiary/aromatic N) is 3. The summed E-state index contributed by atoms with van der Waals surface area (Å²) in [6, 6.07) is 2.08. The summed E-state index contributed by atoms with van der Waals surface area (Å²) in [6.45, 7) is 1.91. The first-order valence-electron chi connectivity index (χ1n) is 3.51. The first-order valence-corrected chi connectivity index (χ1v) is 4.74. The van der Waals surface area contributed by atoms with E-state index >= 15 is 0 Å². The van der Waals surface area contributed by atoms with Gasteiger partial charge in [-0.1, -0.05) is 11.8 Å². The standard InChI is InChI=1S/C8H9N3S/c1-6-5-10-8(12-2)11-7(6)3-4-9/h5H,3H2,1-2H3. The summed E-state index contributed by atoms with van der Waals surface area (Å²) in [6.07, 6.45) is 4.04. The molecule has 0 radical (unpaired) electrons. The zero-order chi connectivity index (χ0) is 8.97. The molecule has 0 N–H and O–H groups in total. The van der Waals surface area contributed by atoms with Crippen LogP contribution in [0, 0.1) is 18.3 Å². The molecule has 0 spiro atoms. The average molecular weight is 179 g/mol. The molecular weight excluding hydrogens is 170 g/mol. The summed E-state index contributed by atoms with van der Waals surface area (Å²) >= 11 is 1.49. The Morgan fingerprint density at radius 2 is 2.42 bits per heavy atom. The number of rotatable bonds is 2. The van der Waals surface area contributed by atoms with Crippen LogP contribution in [-0.4, -0.2) is 16.2 Å². The topological polar surface area (TPSA) is 49.6 Å². The molecule has 1 aromatic heterocycles. The summed E-state index contributed by atoms with van der Waals surface area (Å²) in [5, 5.41) is 9.22. The van der Waals surface area contributed by atoms with Crippen molar-refractivity contribution in [3.63, 3.8) is 0 Å². The van der Waals surface area contributed by atoms with Gasteiger partial charge < -0.3 is 0 Å². The van der Waals surface area contributed by atoms with Gasteiger partial charge in [-0.15, -0.1) is 0 Å². The molecule has 0 aromatic carbocycles. The Balaban J connectivity index is 3.01. The zero-order valence-corrected chi connectivity index (χ0v) is 7.85. The molecule has 0 bridgehead atoms. The third kappa shape index (κ3) is 1.95. The summed E-state index contributed by atoms with van der Waals surface area (Å²) < 4.78 is 0. The maximum absolute atomic E-state index is 8.49. The lowest BCUT2D eigenvalue weighted by Crippen LogP contribution is -1.96. The van der Waals surface area contributed by atoms with E-state index in [1.165, 1.54) is 11.8 Å². The van der Waals surface area contributed by atoms with Crippen molar-refractivity contribution in [3.05, 3.63) is 17.5 Å². The van der Waals surface area contributed by atoms with Crippen LogP contribution in [0.5, 0.6) is 0 Å². The molecule has 62 valence electrons. The molecule has 0 amide bonds. The first-order chi connectivity index (χ1) is 5.77. The predicted octanol–water partition coefficient (Wildman–Crippen LogP) is 1.57. The molecule has 3 nitrogen and oxygen atoms in total. The van der Waals surface area contributed by atoms with Crippen molar-refractivity contribution < 1.29 is 0 Å². The van der Waals surface area contributed by atoms with E-state index in [1.54, 1.807) is 6.20 Å². The van der Waals surface area contributed by atoms with Crippen LogP contribution < -0.4 is 0 Å². The quantitative estimate of drug-likeness (QED) is 0.511. The number of hydrogen-bond acceptors (Lipinski definition) is 4. The van der Waals surface area contributed by atoms with E-state index in [2.05, 4.69) is 16.0 Å². The first kappa shape index (κ1) is 9.01. The highest BCUT2D eigenvalue weighted by atomic mass is 32.2. The van der Waals surface area contributed by atoms with Gasteiger partial charge >= 0.3 is 0 Å². The molecule has 0 atom stereocenters. The van der Waals surface area contributed by atoms with Gasteiger partial charge in [0.1, 0.15) is 0 Å². The molecule has 1 heterocycles. The molecule has 0 saturated heterocycles. The third-order valence-electron chi connectivity index (χ3n) is 1.48. The van der Waals surface area contributed by atoms with Gasteiger partial charge in [0, 0.05) is 6.20 Å². The van der Waals surface area contributed by atoms with Gasteiger partial charge in [0.15, 0.2) is 5.16 Å². The molecule has 0 fully saturated rings. The van der Waals surface area contributed by atoms with Gasteiger partial charge in [0.05, 0.1) is 18.2 Å². The molecule has 0 aliphatic carbocycles. The lowest BCUT2D eigenvalue weighted by Gasteiger charge is -2.00. The highest BCUT2D eigenvalue weighted by Gasteiger charge is 2.01. The SMILES string of the molecule is CSc1ncc(C)c(CC#N)n1. The molecular formula is C8H9N3S. The van der Waals surface area contributed by atoms with Crippen molar-refractivity contribution in [1.82, 2.24) is 9.97 Å². The zero-order valence-electron chi connectivity index (χ0n) is 7.03. The van der Waals surface area contributed by atoms with Crippen molar-refractivity contribution in [2.75, 3.05) is 6.26 Å². The molecule has 0 unspecified atom stereocenters. The molecule has 1 rings (SSSR count). The number of aromatic nitrogens is 2. The number of aryl methyl sites for hydroxylation is 1. The van der Waals surface area contributed by atoms with E-state index in [1.807, 2.05) is 13.2 Å².